The molecule has 0 saturated heterocycles. The standard InChI is InChI=1S/C15H22ClF2N/c1-2-3-4-5-6-7-8-15(19)11-9-13(17)14(18)10-12(11)16/h9-10,15H,2-8,19H2,1H3. The summed E-state index contributed by atoms with van der Waals surface area (Å²) in [5.74, 6) is -1.82. The van der Waals surface area contributed by atoms with Crippen molar-refractivity contribution in [3.8, 4) is 0 Å². The van der Waals surface area contributed by atoms with Crippen LogP contribution in [0.15, 0.2) is 12.1 Å². The van der Waals surface area contributed by atoms with Crippen LogP contribution in [0.3, 0.4) is 0 Å². The molecule has 1 atom stereocenters. The van der Waals surface area contributed by atoms with Gasteiger partial charge in [-0.15, -0.1) is 0 Å². The molecule has 1 rings (SSSR count). The van der Waals surface area contributed by atoms with Crippen molar-refractivity contribution in [2.24, 2.45) is 5.73 Å². The van der Waals surface area contributed by atoms with E-state index in [1.807, 2.05) is 0 Å². The Morgan fingerprint density at radius 3 is 2.32 bits per heavy atom. The number of hydrogen-bond donors (Lipinski definition) is 1. The first-order valence-electron chi connectivity index (χ1n) is 6.96. The van der Waals surface area contributed by atoms with Gasteiger partial charge in [-0.2, -0.15) is 0 Å². The summed E-state index contributed by atoms with van der Waals surface area (Å²) in [5.41, 5.74) is 6.48. The van der Waals surface area contributed by atoms with Gasteiger partial charge in [-0.05, 0) is 24.1 Å². The van der Waals surface area contributed by atoms with E-state index in [9.17, 15) is 8.78 Å². The van der Waals surface area contributed by atoms with E-state index in [0.29, 0.717) is 5.56 Å². The highest BCUT2D eigenvalue weighted by Gasteiger charge is 2.14. The Hall–Kier alpha value is -0.670. The minimum Gasteiger partial charge on any atom is -0.324 e. The van der Waals surface area contributed by atoms with Crippen LogP contribution in [-0.2, 0) is 0 Å². The third-order valence-corrected chi connectivity index (χ3v) is 3.64. The van der Waals surface area contributed by atoms with Crippen molar-refractivity contribution >= 4 is 11.6 Å². The largest absolute Gasteiger partial charge is 0.324 e. The van der Waals surface area contributed by atoms with Gasteiger partial charge in [0.2, 0.25) is 0 Å². The van der Waals surface area contributed by atoms with Gasteiger partial charge in [0.1, 0.15) is 0 Å². The van der Waals surface area contributed by atoms with Crippen LogP contribution in [0.25, 0.3) is 0 Å². The maximum atomic E-state index is 13.2. The molecule has 0 bridgehead atoms. The number of hydrogen-bond acceptors (Lipinski definition) is 1. The van der Waals surface area contributed by atoms with Crippen LogP contribution in [0.1, 0.15) is 63.5 Å². The maximum Gasteiger partial charge on any atom is 0.160 e. The third kappa shape index (κ3) is 5.45. The molecule has 0 saturated carbocycles. The second-order valence-corrected chi connectivity index (χ2v) is 5.36. The molecule has 4 heteroatoms. The first-order chi connectivity index (χ1) is 9.06. The molecule has 19 heavy (non-hydrogen) atoms. The summed E-state index contributed by atoms with van der Waals surface area (Å²) in [4.78, 5) is 0. The number of benzene rings is 1. The van der Waals surface area contributed by atoms with E-state index < -0.39 is 11.6 Å². The van der Waals surface area contributed by atoms with Crippen molar-refractivity contribution in [1.82, 2.24) is 0 Å². The predicted molar refractivity (Wildman–Crippen MR) is 76.3 cm³/mol. The Kier molecular flexibility index (Phi) is 7.32. The molecule has 0 aliphatic heterocycles. The molecule has 0 amide bonds. The Labute approximate surface area is 119 Å². The Morgan fingerprint density at radius 1 is 1.05 bits per heavy atom. The molecule has 1 aromatic carbocycles. The molecule has 108 valence electrons. The second kappa shape index (κ2) is 8.49. The van der Waals surface area contributed by atoms with Gasteiger partial charge < -0.3 is 5.73 Å². The minimum atomic E-state index is -0.930. The maximum absolute atomic E-state index is 13.2. The topological polar surface area (TPSA) is 26.0 Å². The molecule has 1 nitrogen and oxygen atoms in total. The monoisotopic (exact) mass is 289 g/mol. The van der Waals surface area contributed by atoms with Crippen molar-refractivity contribution in [3.63, 3.8) is 0 Å². The molecule has 0 heterocycles. The number of unbranched alkanes of at least 4 members (excludes halogenated alkanes) is 5. The van der Waals surface area contributed by atoms with Gasteiger partial charge in [0.05, 0.1) is 0 Å². The molecule has 0 aromatic heterocycles. The number of rotatable bonds is 8. The molecule has 0 aliphatic rings. The molecule has 1 aromatic rings. The summed E-state index contributed by atoms with van der Waals surface area (Å²) >= 11 is 5.89. The van der Waals surface area contributed by atoms with Crippen molar-refractivity contribution < 1.29 is 8.78 Å². The average molecular weight is 290 g/mol. The van der Waals surface area contributed by atoms with Gasteiger partial charge in [0.15, 0.2) is 11.6 Å². The zero-order valence-electron chi connectivity index (χ0n) is 11.4. The molecule has 0 radical (unpaired) electrons. The fourth-order valence-corrected chi connectivity index (χ4v) is 2.41. The first kappa shape index (κ1) is 16.4. The summed E-state index contributed by atoms with van der Waals surface area (Å²) in [6, 6.07) is 1.78. The lowest BCUT2D eigenvalue weighted by Gasteiger charge is -2.14. The molecule has 0 aliphatic carbocycles. The lowest BCUT2D eigenvalue weighted by atomic mass is 10.00. The normalized spacial score (nSPS) is 12.7. The van der Waals surface area contributed by atoms with E-state index in [2.05, 4.69) is 6.92 Å². The number of nitrogens with two attached hydrogens (primary N) is 1. The highest BCUT2D eigenvalue weighted by molar-refractivity contribution is 6.31. The fraction of sp³-hybridized carbons (Fsp3) is 0.600. The third-order valence-electron chi connectivity index (χ3n) is 3.31. The van der Waals surface area contributed by atoms with Crippen molar-refractivity contribution in [2.75, 3.05) is 0 Å². The highest BCUT2D eigenvalue weighted by Crippen LogP contribution is 2.27. The summed E-state index contributed by atoms with van der Waals surface area (Å²) in [5, 5.41) is 0.206. The van der Waals surface area contributed by atoms with Gasteiger partial charge >= 0.3 is 0 Å². The fourth-order valence-electron chi connectivity index (χ4n) is 2.12. The SMILES string of the molecule is CCCCCCCCC(N)c1cc(F)c(F)cc1Cl. The van der Waals surface area contributed by atoms with E-state index in [0.717, 1.165) is 31.4 Å². The van der Waals surface area contributed by atoms with E-state index in [4.69, 9.17) is 17.3 Å². The lowest BCUT2D eigenvalue weighted by Crippen LogP contribution is -2.11. The van der Waals surface area contributed by atoms with E-state index in [-0.39, 0.29) is 11.1 Å². The Balaban J connectivity index is 2.41. The van der Waals surface area contributed by atoms with Crippen molar-refractivity contribution in [2.45, 2.75) is 57.9 Å². The van der Waals surface area contributed by atoms with E-state index in [1.165, 1.54) is 25.7 Å². The lowest BCUT2D eigenvalue weighted by molar-refractivity contribution is 0.501. The summed E-state index contributed by atoms with van der Waals surface area (Å²) in [6.07, 6.45) is 7.79. The number of halogens is 3. The smallest absolute Gasteiger partial charge is 0.160 e. The van der Waals surface area contributed by atoms with Gasteiger partial charge in [-0.3, -0.25) is 0 Å². The molecule has 0 spiro atoms. The predicted octanol–water partition coefficient (Wildman–Crippen LogP) is 5.37. The molecular weight excluding hydrogens is 268 g/mol. The van der Waals surface area contributed by atoms with Crippen molar-refractivity contribution in [3.05, 3.63) is 34.4 Å². The Morgan fingerprint density at radius 2 is 1.63 bits per heavy atom. The highest BCUT2D eigenvalue weighted by atomic mass is 35.5. The average Bonchev–Trinajstić information content (AvgIpc) is 2.37. The summed E-state index contributed by atoms with van der Waals surface area (Å²) < 4.78 is 26.1. The van der Waals surface area contributed by atoms with Crippen molar-refractivity contribution in [1.29, 1.82) is 0 Å². The molecule has 2 N–H and O–H groups in total. The Bertz CT molecular complexity index is 396. The quantitative estimate of drug-likeness (QED) is 0.505. The summed E-state index contributed by atoms with van der Waals surface area (Å²) in [7, 11) is 0. The van der Waals surface area contributed by atoms with Crippen LogP contribution < -0.4 is 5.73 Å². The zero-order chi connectivity index (χ0) is 14.3. The molecule has 0 fully saturated rings. The minimum absolute atomic E-state index is 0.206. The van der Waals surface area contributed by atoms with E-state index in [1.54, 1.807) is 0 Å². The van der Waals surface area contributed by atoms with Crippen LogP contribution in [0.5, 0.6) is 0 Å². The molecule has 1 unspecified atom stereocenters. The van der Waals surface area contributed by atoms with Crippen LogP contribution in [0.4, 0.5) is 8.78 Å². The zero-order valence-corrected chi connectivity index (χ0v) is 12.1. The second-order valence-electron chi connectivity index (χ2n) is 4.95. The van der Waals surface area contributed by atoms with E-state index >= 15 is 0 Å². The van der Waals surface area contributed by atoms with Gasteiger partial charge in [0, 0.05) is 11.1 Å². The van der Waals surface area contributed by atoms with Crippen LogP contribution in [0.2, 0.25) is 5.02 Å². The summed E-state index contributed by atoms with van der Waals surface area (Å²) in [6.45, 7) is 2.18. The molecular formula is C15H22ClF2N. The first-order valence-corrected chi connectivity index (χ1v) is 7.34. The van der Waals surface area contributed by atoms with Gasteiger partial charge in [-0.25, -0.2) is 8.78 Å². The van der Waals surface area contributed by atoms with Gasteiger partial charge in [0.25, 0.3) is 0 Å². The van der Waals surface area contributed by atoms with Crippen LogP contribution >= 0.6 is 11.6 Å². The van der Waals surface area contributed by atoms with Gasteiger partial charge in [-0.1, -0.05) is 57.0 Å². The van der Waals surface area contributed by atoms with Crippen LogP contribution in [0, 0.1) is 11.6 Å². The van der Waals surface area contributed by atoms with Crippen LogP contribution in [-0.4, -0.2) is 0 Å².